The number of carbonyl (C=O) groups is 1. The van der Waals surface area contributed by atoms with E-state index in [1.54, 1.807) is 53.8 Å². The lowest BCUT2D eigenvalue weighted by atomic mass is 10.00. The SMILES string of the molecule is CCc1c(C(=O)O)nc2c(N)nc(-c3cccc(C#N)c3)c(-c3cc(F)c4ncccc4c3)n12. The largest absolute Gasteiger partial charge is 0.476 e. The molecule has 0 bridgehead atoms. The summed E-state index contributed by atoms with van der Waals surface area (Å²) in [5.74, 6) is -1.72. The lowest BCUT2D eigenvalue weighted by molar-refractivity contribution is 0.0690. The van der Waals surface area contributed by atoms with Crippen molar-refractivity contribution >= 4 is 28.3 Å². The highest BCUT2D eigenvalue weighted by molar-refractivity contribution is 5.93. The van der Waals surface area contributed by atoms with Crippen molar-refractivity contribution in [3.05, 3.63) is 77.5 Å². The Hall–Kier alpha value is -4.84. The molecule has 9 heteroatoms. The number of anilines is 1. The third kappa shape index (κ3) is 3.20. The maximum Gasteiger partial charge on any atom is 0.356 e. The van der Waals surface area contributed by atoms with Crippen LogP contribution in [-0.2, 0) is 6.42 Å². The molecule has 3 heterocycles. The van der Waals surface area contributed by atoms with Crippen molar-refractivity contribution in [2.75, 3.05) is 5.73 Å². The fraction of sp³-hybridized carbons (Fsp3) is 0.0800. The minimum Gasteiger partial charge on any atom is -0.476 e. The van der Waals surface area contributed by atoms with Gasteiger partial charge < -0.3 is 10.8 Å². The van der Waals surface area contributed by atoms with Gasteiger partial charge in [-0.25, -0.2) is 19.2 Å². The minimum absolute atomic E-state index is 0.0197. The van der Waals surface area contributed by atoms with Crippen LogP contribution >= 0.6 is 0 Å². The smallest absolute Gasteiger partial charge is 0.356 e. The molecule has 0 saturated heterocycles. The predicted octanol–water partition coefficient (Wildman–Crippen LogP) is 4.47. The molecule has 5 rings (SSSR count). The topological polar surface area (TPSA) is 130 Å². The number of carboxylic acid groups (broad SMARTS) is 1. The van der Waals surface area contributed by atoms with Gasteiger partial charge >= 0.3 is 5.97 Å². The zero-order chi connectivity index (χ0) is 24.0. The summed E-state index contributed by atoms with van der Waals surface area (Å²) in [6.45, 7) is 1.80. The van der Waals surface area contributed by atoms with Gasteiger partial charge in [0.25, 0.3) is 0 Å². The van der Waals surface area contributed by atoms with Crippen LogP contribution in [0, 0.1) is 17.1 Å². The highest BCUT2D eigenvalue weighted by atomic mass is 19.1. The molecule has 0 saturated carbocycles. The number of nitrogens with zero attached hydrogens (tertiary/aromatic N) is 5. The third-order valence-corrected chi connectivity index (χ3v) is 5.62. The zero-order valence-corrected chi connectivity index (χ0v) is 18.0. The van der Waals surface area contributed by atoms with Crippen molar-refractivity contribution in [3.63, 3.8) is 0 Å². The molecule has 0 radical (unpaired) electrons. The number of fused-ring (bicyclic) bond motifs is 2. The molecule has 0 fully saturated rings. The Morgan fingerprint density at radius 2 is 2.00 bits per heavy atom. The first-order chi connectivity index (χ1) is 16.4. The number of nitrogen functional groups attached to an aromatic ring is 1. The molecule has 166 valence electrons. The predicted molar refractivity (Wildman–Crippen MR) is 125 cm³/mol. The van der Waals surface area contributed by atoms with Crippen molar-refractivity contribution in [2.24, 2.45) is 0 Å². The first kappa shape index (κ1) is 21.0. The van der Waals surface area contributed by atoms with E-state index >= 15 is 4.39 Å². The van der Waals surface area contributed by atoms with Gasteiger partial charge in [-0.2, -0.15) is 5.26 Å². The third-order valence-electron chi connectivity index (χ3n) is 5.62. The van der Waals surface area contributed by atoms with Gasteiger partial charge in [-0.05, 0) is 36.8 Å². The molecule has 8 nitrogen and oxygen atoms in total. The molecule has 0 aliphatic carbocycles. The van der Waals surface area contributed by atoms with Crippen molar-refractivity contribution in [2.45, 2.75) is 13.3 Å². The Bertz CT molecular complexity index is 1670. The molecule has 5 aromatic rings. The first-order valence-corrected chi connectivity index (χ1v) is 10.4. The molecule has 0 aliphatic heterocycles. The summed E-state index contributed by atoms with van der Waals surface area (Å²) < 4.78 is 16.7. The van der Waals surface area contributed by atoms with E-state index < -0.39 is 11.8 Å². The fourth-order valence-electron chi connectivity index (χ4n) is 4.18. The van der Waals surface area contributed by atoms with E-state index in [9.17, 15) is 15.2 Å². The maximum atomic E-state index is 15.1. The number of nitrogens with two attached hydrogens (primary N) is 1. The molecular formula is C25H17FN6O2. The number of pyridine rings is 1. The van der Waals surface area contributed by atoms with Gasteiger partial charge in [-0.1, -0.05) is 25.1 Å². The van der Waals surface area contributed by atoms with E-state index in [-0.39, 0.29) is 22.7 Å². The first-order valence-electron chi connectivity index (χ1n) is 10.4. The van der Waals surface area contributed by atoms with Crippen LogP contribution in [0.3, 0.4) is 0 Å². The average Bonchev–Trinajstić information content (AvgIpc) is 3.24. The van der Waals surface area contributed by atoms with Crippen LogP contribution in [0.25, 0.3) is 39.1 Å². The number of aromatic carboxylic acids is 1. The van der Waals surface area contributed by atoms with Gasteiger partial charge in [0, 0.05) is 22.7 Å². The van der Waals surface area contributed by atoms with Crippen LogP contribution in [0.5, 0.6) is 0 Å². The van der Waals surface area contributed by atoms with Gasteiger partial charge in [0.2, 0.25) is 0 Å². The Labute approximate surface area is 192 Å². The summed E-state index contributed by atoms with van der Waals surface area (Å²) in [4.78, 5) is 24.8. The summed E-state index contributed by atoms with van der Waals surface area (Å²) in [6.07, 6.45) is 1.84. The van der Waals surface area contributed by atoms with Crippen LogP contribution in [-0.4, -0.2) is 30.4 Å². The number of nitriles is 1. The summed E-state index contributed by atoms with van der Waals surface area (Å²) in [7, 11) is 0. The number of carboxylic acids is 1. The minimum atomic E-state index is -1.20. The van der Waals surface area contributed by atoms with Crippen LogP contribution in [0.15, 0.2) is 54.7 Å². The molecule has 0 aliphatic rings. The zero-order valence-electron chi connectivity index (χ0n) is 18.0. The Balaban J connectivity index is 1.98. The number of hydrogen-bond donors (Lipinski definition) is 2. The van der Waals surface area contributed by atoms with Crippen molar-refractivity contribution in [3.8, 4) is 28.6 Å². The fourth-order valence-corrected chi connectivity index (χ4v) is 4.18. The van der Waals surface area contributed by atoms with Crippen LogP contribution in [0.1, 0.15) is 28.7 Å². The van der Waals surface area contributed by atoms with Crippen molar-refractivity contribution in [1.29, 1.82) is 5.26 Å². The van der Waals surface area contributed by atoms with Gasteiger partial charge in [-0.15, -0.1) is 0 Å². The van der Waals surface area contributed by atoms with Crippen LogP contribution in [0.4, 0.5) is 10.2 Å². The quantitative estimate of drug-likeness (QED) is 0.411. The van der Waals surface area contributed by atoms with E-state index in [1.165, 1.54) is 12.3 Å². The lowest BCUT2D eigenvalue weighted by Crippen LogP contribution is -2.07. The van der Waals surface area contributed by atoms with Gasteiger partial charge in [0.05, 0.1) is 28.7 Å². The summed E-state index contributed by atoms with van der Waals surface area (Å²) in [5, 5.41) is 19.7. The Kier molecular flexibility index (Phi) is 4.91. The highest BCUT2D eigenvalue weighted by Crippen LogP contribution is 2.37. The lowest BCUT2D eigenvalue weighted by Gasteiger charge is -2.16. The van der Waals surface area contributed by atoms with Gasteiger partial charge in [0.15, 0.2) is 17.2 Å². The monoisotopic (exact) mass is 452 g/mol. The van der Waals surface area contributed by atoms with Crippen molar-refractivity contribution < 1.29 is 14.3 Å². The Morgan fingerprint density at radius 1 is 1.18 bits per heavy atom. The number of halogens is 1. The highest BCUT2D eigenvalue weighted by Gasteiger charge is 2.25. The Morgan fingerprint density at radius 3 is 2.74 bits per heavy atom. The molecule has 2 aromatic carbocycles. The number of aromatic nitrogens is 4. The van der Waals surface area contributed by atoms with E-state index in [4.69, 9.17) is 5.73 Å². The second kappa shape index (κ2) is 7.94. The number of aryl methyl sites for hydroxylation is 1. The van der Waals surface area contributed by atoms with Gasteiger partial charge in [-0.3, -0.25) is 9.38 Å². The second-order valence-corrected chi connectivity index (χ2v) is 7.64. The number of hydrogen-bond acceptors (Lipinski definition) is 6. The molecule has 34 heavy (non-hydrogen) atoms. The van der Waals surface area contributed by atoms with Crippen LogP contribution in [0.2, 0.25) is 0 Å². The number of benzene rings is 2. The molecule has 3 N–H and O–H groups in total. The number of rotatable bonds is 4. The van der Waals surface area contributed by atoms with Crippen LogP contribution < -0.4 is 5.73 Å². The molecule has 0 spiro atoms. The van der Waals surface area contributed by atoms with E-state index in [2.05, 4.69) is 21.0 Å². The molecule has 0 unspecified atom stereocenters. The molecule has 3 aromatic heterocycles. The standard InChI is InChI=1S/C25H17FN6O2/c1-2-18-21(25(33)34)31-24-23(28)30-20(14-6-3-5-13(9-14)12-27)22(32(18)24)16-10-15-7-4-8-29-19(15)17(26)11-16/h3-11H,2H2,1H3,(H2,28,30)(H,33,34). The normalized spacial score (nSPS) is 11.1. The van der Waals surface area contributed by atoms with E-state index in [1.807, 2.05) is 0 Å². The van der Waals surface area contributed by atoms with E-state index in [0.717, 1.165) is 0 Å². The summed E-state index contributed by atoms with van der Waals surface area (Å²) >= 11 is 0. The summed E-state index contributed by atoms with van der Waals surface area (Å²) in [6, 6.07) is 15.4. The molecule has 0 atom stereocenters. The summed E-state index contributed by atoms with van der Waals surface area (Å²) in [5.41, 5.74) is 9.07. The molecular weight excluding hydrogens is 435 g/mol. The second-order valence-electron chi connectivity index (χ2n) is 7.64. The number of imidazole rings is 1. The van der Waals surface area contributed by atoms with E-state index in [0.29, 0.717) is 45.6 Å². The van der Waals surface area contributed by atoms with Crippen molar-refractivity contribution in [1.82, 2.24) is 19.4 Å². The average molecular weight is 452 g/mol. The van der Waals surface area contributed by atoms with Gasteiger partial charge in [0.1, 0.15) is 11.3 Å². The molecule has 0 amide bonds. The maximum absolute atomic E-state index is 15.1.